The van der Waals surface area contributed by atoms with E-state index in [-0.39, 0.29) is 46.1 Å². The van der Waals surface area contributed by atoms with Gasteiger partial charge < -0.3 is 24.8 Å². The van der Waals surface area contributed by atoms with E-state index in [9.17, 15) is 18.3 Å². The summed E-state index contributed by atoms with van der Waals surface area (Å²) in [6.45, 7) is 7.17. The fourth-order valence-corrected chi connectivity index (χ4v) is 6.34. The minimum atomic E-state index is -3.79. The first-order valence-corrected chi connectivity index (χ1v) is 15.1. The molecule has 206 valence electrons. The minimum Gasteiger partial charge on any atom is -0.490 e. The number of anilines is 1. The number of aliphatic hydroxyl groups excluding tert-OH is 1. The van der Waals surface area contributed by atoms with Crippen molar-refractivity contribution in [2.75, 3.05) is 38.1 Å². The van der Waals surface area contributed by atoms with Gasteiger partial charge in [-0.25, -0.2) is 8.42 Å². The molecule has 1 aliphatic rings. The molecule has 2 aromatic rings. The van der Waals surface area contributed by atoms with Gasteiger partial charge in [0, 0.05) is 31.3 Å². The summed E-state index contributed by atoms with van der Waals surface area (Å²) in [5, 5.41) is 14.8. The summed E-state index contributed by atoms with van der Waals surface area (Å²) >= 11 is 1.11. The number of sulfonamides is 1. The molecule has 0 saturated carbocycles. The molecule has 0 unspecified atom stereocenters. The molecule has 3 N–H and O–H groups in total. The first kappa shape index (κ1) is 29.4. The molecule has 0 spiro atoms. The Kier molecular flexibility index (Phi) is 10.8. The average Bonchev–Trinajstić information content (AvgIpc) is 3.42. The second kappa shape index (κ2) is 13.6. The molecule has 1 amide bonds. The van der Waals surface area contributed by atoms with Gasteiger partial charge in [-0.3, -0.25) is 9.52 Å². The average molecular weight is 554 g/mol. The van der Waals surface area contributed by atoms with Gasteiger partial charge in [0.05, 0.1) is 30.4 Å². The highest BCUT2D eigenvalue weighted by Crippen LogP contribution is 2.30. The third kappa shape index (κ3) is 7.90. The van der Waals surface area contributed by atoms with Crippen LogP contribution in [0, 0.1) is 5.92 Å². The summed E-state index contributed by atoms with van der Waals surface area (Å²) in [4.78, 5) is 15.6. The van der Waals surface area contributed by atoms with E-state index in [0.717, 1.165) is 30.6 Å². The fraction of sp³-hybridized carbons (Fsp3) is 0.577. The van der Waals surface area contributed by atoms with Crippen LogP contribution in [0.25, 0.3) is 0 Å². The summed E-state index contributed by atoms with van der Waals surface area (Å²) in [7, 11) is -1.92. The van der Waals surface area contributed by atoms with Crippen molar-refractivity contribution in [1.82, 2.24) is 10.2 Å². The Bertz CT molecular complexity index is 1110. The number of hydrogen-bond donors (Lipinski definition) is 3. The summed E-state index contributed by atoms with van der Waals surface area (Å²) < 4.78 is 40.8. The van der Waals surface area contributed by atoms with Crippen molar-refractivity contribution in [1.29, 1.82) is 0 Å². The van der Waals surface area contributed by atoms with E-state index in [0.29, 0.717) is 25.4 Å². The fourth-order valence-electron chi connectivity index (χ4n) is 4.30. The van der Waals surface area contributed by atoms with Gasteiger partial charge in [0.1, 0.15) is 9.96 Å². The van der Waals surface area contributed by atoms with E-state index >= 15 is 0 Å². The second-order valence-corrected chi connectivity index (χ2v) is 12.5. The van der Waals surface area contributed by atoms with Crippen LogP contribution in [0.5, 0.6) is 5.75 Å². The Labute approximate surface area is 224 Å². The van der Waals surface area contributed by atoms with Crippen molar-refractivity contribution in [2.45, 2.75) is 62.5 Å². The van der Waals surface area contributed by atoms with E-state index < -0.39 is 16.1 Å². The lowest BCUT2D eigenvalue weighted by Crippen LogP contribution is -2.47. The van der Waals surface area contributed by atoms with Crippen LogP contribution in [0.4, 0.5) is 5.69 Å². The zero-order valence-electron chi connectivity index (χ0n) is 22.0. The number of fused-ring (bicyclic) bond motifs is 1. The SMILES string of the molecule is CNC[C@H]1OCCCC[C@H](C)Oc2ccc(NS(=O)(=O)c3cccs3)cc2C(=O)N([C@@H](C)CO)C[C@H]1C. The maximum Gasteiger partial charge on any atom is 0.271 e. The van der Waals surface area contributed by atoms with Crippen molar-refractivity contribution < 1.29 is 27.8 Å². The number of carbonyl (C=O) groups excluding carboxylic acids is 1. The molecular formula is C26H39N3O6S2. The molecule has 37 heavy (non-hydrogen) atoms. The first-order chi connectivity index (χ1) is 17.7. The van der Waals surface area contributed by atoms with Gasteiger partial charge in [0.15, 0.2) is 0 Å². The largest absolute Gasteiger partial charge is 0.490 e. The van der Waals surface area contributed by atoms with Crippen LogP contribution in [-0.2, 0) is 14.8 Å². The molecule has 3 rings (SSSR count). The molecular weight excluding hydrogens is 514 g/mol. The number of ether oxygens (including phenoxy) is 2. The Morgan fingerprint density at radius 1 is 1.24 bits per heavy atom. The lowest BCUT2D eigenvalue weighted by molar-refractivity contribution is -0.000450. The van der Waals surface area contributed by atoms with Gasteiger partial charge in [0.2, 0.25) is 0 Å². The maximum atomic E-state index is 14.0. The lowest BCUT2D eigenvalue weighted by Gasteiger charge is -2.34. The Morgan fingerprint density at radius 3 is 2.70 bits per heavy atom. The van der Waals surface area contributed by atoms with Gasteiger partial charge in [-0.15, -0.1) is 11.3 Å². The highest BCUT2D eigenvalue weighted by Gasteiger charge is 2.30. The molecule has 4 atom stereocenters. The van der Waals surface area contributed by atoms with Crippen LogP contribution >= 0.6 is 11.3 Å². The highest BCUT2D eigenvalue weighted by molar-refractivity contribution is 7.94. The summed E-state index contributed by atoms with van der Waals surface area (Å²) in [5.74, 6) is 0.0321. The molecule has 0 fully saturated rings. The zero-order chi connectivity index (χ0) is 27.0. The molecule has 1 aromatic heterocycles. The molecule has 0 bridgehead atoms. The van der Waals surface area contributed by atoms with Gasteiger partial charge >= 0.3 is 0 Å². The Balaban J connectivity index is 2.01. The monoisotopic (exact) mass is 553 g/mol. The number of nitrogens with one attached hydrogen (secondary N) is 2. The number of amides is 1. The standard InChI is InChI=1S/C26H39N3O6S2/c1-18-16-29(19(2)17-30)26(31)22-14-21(28-37(32,33)25-9-7-13-36-25)10-11-23(22)35-20(3)8-5-6-12-34-24(18)15-27-4/h7,9-11,13-14,18-20,24,27-28,30H,5-6,8,12,15-17H2,1-4H3/t18-,19+,20+,24-/m1/s1. The second-order valence-electron chi connectivity index (χ2n) is 9.61. The molecule has 1 aromatic carbocycles. The smallest absolute Gasteiger partial charge is 0.271 e. The number of nitrogens with zero attached hydrogens (tertiary/aromatic N) is 1. The third-order valence-corrected chi connectivity index (χ3v) is 9.25. The van der Waals surface area contributed by atoms with E-state index in [1.165, 1.54) is 12.1 Å². The Hall–Kier alpha value is -2.18. The van der Waals surface area contributed by atoms with E-state index in [1.807, 2.05) is 20.9 Å². The molecule has 1 aliphatic heterocycles. The molecule has 2 heterocycles. The first-order valence-electron chi connectivity index (χ1n) is 12.7. The van der Waals surface area contributed by atoms with Crippen molar-refractivity contribution in [3.8, 4) is 5.75 Å². The molecule has 11 heteroatoms. The quantitative estimate of drug-likeness (QED) is 0.480. The van der Waals surface area contributed by atoms with Crippen LogP contribution in [-0.4, -0.2) is 75.9 Å². The predicted octanol–water partition coefficient (Wildman–Crippen LogP) is 3.56. The van der Waals surface area contributed by atoms with Crippen molar-refractivity contribution in [3.63, 3.8) is 0 Å². The van der Waals surface area contributed by atoms with Crippen molar-refractivity contribution >= 4 is 33.0 Å². The van der Waals surface area contributed by atoms with E-state index in [1.54, 1.807) is 35.4 Å². The van der Waals surface area contributed by atoms with Gasteiger partial charge in [-0.05, 0) is 69.8 Å². The predicted molar refractivity (Wildman–Crippen MR) is 146 cm³/mol. The van der Waals surface area contributed by atoms with Crippen molar-refractivity contribution in [2.24, 2.45) is 5.92 Å². The summed E-state index contributed by atoms with van der Waals surface area (Å²) in [6.07, 6.45) is 2.33. The summed E-state index contributed by atoms with van der Waals surface area (Å²) in [5.41, 5.74) is 0.507. The van der Waals surface area contributed by atoms with Crippen LogP contribution in [0.3, 0.4) is 0 Å². The van der Waals surface area contributed by atoms with E-state index in [4.69, 9.17) is 9.47 Å². The Morgan fingerprint density at radius 2 is 2.03 bits per heavy atom. The van der Waals surface area contributed by atoms with Gasteiger partial charge in [0.25, 0.3) is 15.9 Å². The van der Waals surface area contributed by atoms with E-state index in [2.05, 4.69) is 10.0 Å². The van der Waals surface area contributed by atoms with Crippen LogP contribution < -0.4 is 14.8 Å². The normalized spacial score (nSPS) is 23.0. The number of thiophene rings is 1. The lowest BCUT2D eigenvalue weighted by atomic mass is 10.0. The molecule has 9 nitrogen and oxygen atoms in total. The number of benzene rings is 1. The van der Waals surface area contributed by atoms with Gasteiger partial charge in [-0.2, -0.15) is 0 Å². The van der Waals surface area contributed by atoms with Crippen LogP contribution in [0.2, 0.25) is 0 Å². The van der Waals surface area contributed by atoms with Crippen molar-refractivity contribution in [3.05, 3.63) is 41.3 Å². The third-order valence-electron chi connectivity index (χ3n) is 6.47. The highest BCUT2D eigenvalue weighted by atomic mass is 32.2. The number of rotatable bonds is 7. The van der Waals surface area contributed by atoms with Crippen LogP contribution in [0.15, 0.2) is 39.9 Å². The number of likely N-dealkylation sites (N-methyl/N-ethyl adjacent to an activating group) is 1. The minimum absolute atomic E-state index is 0.0165. The maximum absolute atomic E-state index is 14.0. The summed E-state index contributed by atoms with van der Waals surface area (Å²) in [6, 6.07) is 7.49. The van der Waals surface area contributed by atoms with Crippen LogP contribution in [0.1, 0.15) is 50.4 Å². The molecule has 0 saturated heterocycles. The molecule has 0 aliphatic carbocycles. The van der Waals surface area contributed by atoms with Gasteiger partial charge in [-0.1, -0.05) is 13.0 Å². The topological polar surface area (TPSA) is 117 Å². The number of aliphatic hydroxyl groups is 1. The zero-order valence-corrected chi connectivity index (χ0v) is 23.6. The molecule has 0 radical (unpaired) electrons. The number of hydrogen-bond acceptors (Lipinski definition) is 8. The number of carbonyl (C=O) groups is 1.